The van der Waals surface area contributed by atoms with Crippen LogP contribution < -0.4 is 9.47 Å². The van der Waals surface area contributed by atoms with E-state index in [1.54, 1.807) is 6.07 Å². The first-order chi connectivity index (χ1) is 7.42. The summed E-state index contributed by atoms with van der Waals surface area (Å²) in [6.07, 6.45) is -4.74. The topological polar surface area (TPSA) is 42.2 Å². The number of rotatable bonds is 3. The van der Waals surface area contributed by atoms with Gasteiger partial charge < -0.3 is 9.47 Å². The van der Waals surface area contributed by atoms with Gasteiger partial charge in [-0.15, -0.1) is 13.2 Å². The number of nitriles is 1. The molecule has 0 spiro atoms. The fourth-order valence-electron chi connectivity index (χ4n) is 0.894. The van der Waals surface area contributed by atoms with Gasteiger partial charge in [0.05, 0.1) is 4.47 Å². The molecule has 1 rings (SSSR count). The molecule has 86 valence electrons. The maximum Gasteiger partial charge on any atom is 0.573 e. The zero-order valence-electron chi connectivity index (χ0n) is 7.71. The zero-order valence-corrected chi connectivity index (χ0v) is 9.30. The van der Waals surface area contributed by atoms with Crippen molar-refractivity contribution in [1.82, 2.24) is 0 Å². The first-order valence-corrected chi connectivity index (χ1v) is 4.77. The summed E-state index contributed by atoms with van der Waals surface area (Å²) in [6, 6.07) is 5.41. The van der Waals surface area contributed by atoms with E-state index in [-0.39, 0.29) is 22.6 Å². The van der Waals surface area contributed by atoms with E-state index >= 15 is 0 Å². The van der Waals surface area contributed by atoms with E-state index in [0.29, 0.717) is 0 Å². The number of ether oxygens (including phenoxy) is 2. The fraction of sp³-hybridized carbons (Fsp3) is 0.222. The lowest BCUT2D eigenvalue weighted by molar-refractivity contribution is -0.274. The molecule has 0 aliphatic carbocycles. The third-order valence-electron chi connectivity index (χ3n) is 1.43. The molecule has 0 unspecified atom stereocenters. The molecule has 0 N–H and O–H groups in total. The maximum atomic E-state index is 11.9. The van der Waals surface area contributed by atoms with Gasteiger partial charge in [0, 0.05) is 0 Å². The van der Waals surface area contributed by atoms with E-state index in [0.717, 1.165) is 6.07 Å². The van der Waals surface area contributed by atoms with Gasteiger partial charge in [-0.3, -0.25) is 0 Å². The predicted molar refractivity (Wildman–Crippen MR) is 51.9 cm³/mol. The minimum atomic E-state index is -4.74. The van der Waals surface area contributed by atoms with Crippen molar-refractivity contribution in [1.29, 1.82) is 5.26 Å². The highest BCUT2D eigenvalue weighted by atomic mass is 79.9. The molecule has 0 fully saturated rings. The molecule has 7 heteroatoms. The average Bonchev–Trinajstić information content (AvgIpc) is 2.17. The van der Waals surface area contributed by atoms with Crippen LogP contribution >= 0.6 is 15.9 Å². The molecule has 16 heavy (non-hydrogen) atoms. The summed E-state index contributed by atoms with van der Waals surface area (Å²) in [7, 11) is 0. The van der Waals surface area contributed by atoms with Crippen molar-refractivity contribution in [3.05, 3.63) is 22.7 Å². The number of hydrogen-bond acceptors (Lipinski definition) is 3. The summed E-state index contributed by atoms with van der Waals surface area (Å²) < 4.78 is 44.4. The molecule has 0 aromatic heterocycles. The van der Waals surface area contributed by atoms with E-state index in [1.165, 1.54) is 12.1 Å². The first-order valence-electron chi connectivity index (χ1n) is 3.97. The minimum Gasteiger partial charge on any atom is -0.479 e. The van der Waals surface area contributed by atoms with Gasteiger partial charge in [-0.2, -0.15) is 5.26 Å². The lowest BCUT2D eigenvalue weighted by Crippen LogP contribution is -2.17. The van der Waals surface area contributed by atoms with Crippen molar-refractivity contribution < 1.29 is 22.6 Å². The fourth-order valence-corrected chi connectivity index (χ4v) is 1.33. The lowest BCUT2D eigenvalue weighted by Gasteiger charge is -2.11. The van der Waals surface area contributed by atoms with Gasteiger partial charge >= 0.3 is 6.36 Å². The first kappa shape index (κ1) is 12.6. The van der Waals surface area contributed by atoms with Crippen molar-refractivity contribution in [3.8, 4) is 17.6 Å². The highest BCUT2D eigenvalue weighted by molar-refractivity contribution is 9.10. The second-order valence-electron chi connectivity index (χ2n) is 2.59. The smallest absolute Gasteiger partial charge is 0.479 e. The molecule has 0 aliphatic rings. The van der Waals surface area contributed by atoms with Crippen LogP contribution in [0.4, 0.5) is 13.2 Å². The molecule has 1 aromatic rings. The average molecular weight is 296 g/mol. The van der Waals surface area contributed by atoms with Crippen molar-refractivity contribution in [2.24, 2.45) is 0 Å². The van der Waals surface area contributed by atoms with Crippen molar-refractivity contribution in [3.63, 3.8) is 0 Å². The predicted octanol–water partition coefficient (Wildman–Crippen LogP) is 3.25. The van der Waals surface area contributed by atoms with Crippen molar-refractivity contribution in [2.75, 3.05) is 6.61 Å². The zero-order chi connectivity index (χ0) is 12.2. The van der Waals surface area contributed by atoms with Gasteiger partial charge in [0.25, 0.3) is 0 Å². The van der Waals surface area contributed by atoms with Gasteiger partial charge in [-0.1, -0.05) is 0 Å². The molecule has 0 radical (unpaired) electrons. The molecule has 0 heterocycles. The molecule has 0 bridgehead atoms. The van der Waals surface area contributed by atoms with Gasteiger partial charge in [0.15, 0.2) is 6.61 Å². The van der Waals surface area contributed by atoms with E-state index in [9.17, 15) is 13.2 Å². The molecule has 1 aromatic carbocycles. The third kappa shape index (κ3) is 3.98. The maximum absolute atomic E-state index is 11.9. The lowest BCUT2D eigenvalue weighted by atomic mass is 10.3. The molecule has 0 saturated carbocycles. The highest BCUT2D eigenvalue weighted by Gasteiger charge is 2.31. The van der Waals surface area contributed by atoms with E-state index in [2.05, 4.69) is 20.7 Å². The normalized spacial score (nSPS) is 10.7. The second-order valence-corrected chi connectivity index (χ2v) is 3.44. The van der Waals surface area contributed by atoms with E-state index in [4.69, 9.17) is 10.00 Å². The van der Waals surface area contributed by atoms with Gasteiger partial charge in [0.1, 0.15) is 17.6 Å². The Kier molecular flexibility index (Phi) is 4.01. The summed E-state index contributed by atoms with van der Waals surface area (Å²) in [4.78, 5) is 0. The summed E-state index contributed by atoms with van der Waals surface area (Å²) >= 11 is 2.90. The Morgan fingerprint density at radius 1 is 1.38 bits per heavy atom. The third-order valence-corrected chi connectivity index (χ3v) is 2.05. The highest BCUT2D eigenvalue weighted by Crippen LogP contribution is 2.33. The summed E-state index contributed by atoms with van der Waals surface area (Å²) in [6.45, 7) is -0.175. The summed E-state index contributed by atoms with van der Waals surface area (Å²) in [5, 5.41) is 8.24. The number of benzene rings is 1. The summed E-state index contributed by atoms with van der Waals surface area (Å²) in [5.74, 6) is -0.0836. The van der Waals surface area contributed by atoms with Crippen LogP contribution in [0.2, 0.25) is 0 Å². The van der Waals surface area contributed by atoms with Gasteiger partial charge in [-0.05, 0) is 34.1 Å². The van der Waals surface area contributed by atoms with E-state index < -0.39 is 6.36 Å². The van der Waals surface area contributed by atoms with E-state index in [1.807, 2.05) is 0 Å². The van der Waals surface area contributed by atoms with Gasteiger partial charge in [0.2, 0.25) is 0 Å². The SMILES string of the molecule is N#CCOc1ccc(OC(F)(F)F)c(Br)c1. The second kappa shape index (κ2) is 5.07. The van der Waals surface area contributed by atoms with Crippen LogP contribution in [0.1, 0.15) is 0 Å². The number of alkyl halides is 3. The Balaban J connectivity index is 2.80. The largest absolute Gasteiger partial charge is 0.573 e. The number of halogens is 4. The van der Waals surface area contributed by atoms with Crippen LogP contribution in [0.3, 0.4) is 0 Å². The monoisotopic (exact) mass is 295 g/mol. The standard InChI is InChI=1S/C9H5BrF3NO2/c10-7-5-6(15-4-3-14)1-2-8(7)16-9(11,12)13/h1-2,5H,4H2. The van der Waals surface area contributed by atoms with Crippen molar-refractivity contribution in [2.45, 2.75) is 6.36 Å². The molecule has 0 atom stereocenters. The quantitative estimate of drug-likeness (QED) is 0.860. The van der Waals surface area contributed by atoms with Crippen LogP contribution in [0.5, 0.6) is 11.5 Å². The van der Waals surface area contributed by atoms with Crippen LogP contribution in [0, 0.1) is 11.3 Å². The van der Waals surface area contributed by atoms with Crippen LogP contribution in [-0.2, 0) is 0 Å². The Labute approximate surface area is 97.5 Å². The summed E-state index contributed by atoms with van der Waals surface area (Å²) in [5.41, 5.74) is 0. The molecule has 0 saturated heterocycles. The van der Waals surface area contributed by atoms with Gasteiger partial charge in [-0.25, -0.2) is 0 Å². The Bertz CT molecular complexity index is 414. The molecule has 0 aliphatic heterocycles. The van der Waals surface area contributed by atoms with Crippen molar-refractivity contribution >= 4 is 15.9 Å². The molecule has 3 nitrogen and oxygen atoms in total. The van der Waals surface area contributed by atoms with Crippen LogP contribution in [0.15, 0.2) is 22.7 Å². The molecule has 0 amide bonds. The Morgan fingerprint density at radius 3 is 2.56 bits per heavy atom. The Hall–Kier alpha value is -1.42. The minimum absolute atomic E-state index is 0.0975. The molecular weight excluding hydrogens is 291 g/mol. The number of nitrogens with zero attached hydrogens (tertiary/aromatic N) is 1. The number of hydrogen-bond donors (Lipinski definition) is 0. The molecular formula is C9H5BrF3NO2. The van der Waals surface area contributed by atoms with Crippen LogP contribution in [-0.4, -0.2) is 13.0 Å². The van der Waals surface area contributed by atoms with Crippen LogP contribution in [0.25, 0.3) is 0 Å². The Morgan fingerprint density at radius 2 is 2.06 bits per heavy atom.